The molecule has 0 fully saturated rings. The summed E-state index contributed by atoms with van der Waals surface area (Å²) in [6.45, 7) is 6.94. The Balaban J connectivity index is 4.76. The summed E-state index contributed by atoms with van der Waals surface area (Å²) in [4.78, 5) is 27.3. The van der Waals surface area contributed by atoms with Crippen molar-refractivity contribution in [1.82, 2.24) is 0 Å². The van der Waals surface area contributed by atoms with E-state index in [2.05, 4.69) is 9.98 Å². The molecule has 108 valence electrons. The SMILES string of the molecule is CCO[Si](CCC(N=C=O)N=C=O)(OCC)OCC. The standard InChI is InChI=1S/C11H20N2O5Si/c1-4-16-19(17-5-2,18-6-3)8-7-11(12-9-14)13-10-15/h11H,4-8H2,1-3H3. The smallest absolute Gasteiger partial charge is 0.374 e. The lowest BCUT2D eigenvalue weighted by Crippen LogP contribution is -2.46. The van der Waals surface area contributed by atoms with Crippen molar-refractivity contribution < 1.29 is 22.9 Å². The van der Waals surface area contributed by atoms with Gasteiger partial charge in [0, 0.05) is 25.9 Å². The third kappa shape index (κ3) is 7.12. The summed E-state index contributed by atoms with van der Waals surface area (Å²) in [5, 5.41) is 0. The van der Waals surface area contributed by atoms with Crippen molar-refractivity contribution in [2.45, 2.75) is 39.4 Å². The second-order valence-corrected chi connectivity index (χ2v) is 6.17. The number of hydrogen-bond donors (Lipinski definition) is 0. The van der Waals surface area contributed by atoms with Crippen LogP contribution in [-0.2, 0) is 22.9 Å². The minimum absolute atomic E-state index is 0.316. The van der Waals surface area contributed by atoms with E-state index in [1.807, 2.05) is 20.8 Å². The van der Waals surface area contributed by atoms with Crippen LogP contribution in [0, 0.1) is 0 Å². The van der Waals surface area contributed by atoms with E-state index in [4.69, 9.17) is 13.3 Å². The summed E-state index contributed by atoms with van der Waals surface area (Å²) in [5.74, 6) is 0. The predicted octanol–water partition coefficient (Wildman–Crippen LogP) is 1.42. The average molecular weight is 288 g/mol. The Morgan fingerprint density at radius 3 is 1.68 bits per heavy atom. The maximum absolute atomic E-state index is 10.2. The molecule has 0 aliphatic rings. The van der Waals surface area contributed by atoms with Crippen molar-refractivity contribution in [2.75, 3.05) is 19.8 Å². The Labute approximate surface area is 114 Å². The first-order valence-corrected chi connectivity index (χ1v) is 8.17. The lowest BCUT2D eigenvalue weighted by Gasteiger charge is -2.28. The molecule has 0 bridgehead atoms. The van der Waals surface area contributed by atoms with Crippen LogP contribution in [0.3, 0.4) is 0 Å². The molecule has 0 rings (SSSR count). The highest BCUT2D eigenvalue weighted by molar-refractivity contribution is 6.60. The van der Waals surface area contributed by atoms with Crippen LogP contribution in [0.2, 0.25) is 6.04 Å². The first-order valence-electron chi connectivity index (χ1n) is 6.23. The second kappa shape index (κ2) is 10.7. The van der Waals surface area contributed by atoms with Crippen LogP contribution in [0.25, 0.3) is 0 Å². The minimum Gasteiger partial charge on any atom is -0.374 e. The maximum atomic E-state index is 10.2. The molecular weight excluding hydrogens is 268 g/mol. The van der Waals surface area contributed by atoms with Crippen molar-refractivity contribution >= 4 is 21.0 Å². The third-order valence-electron chi connectivity index (χ3n) is 2.20. The monoisotopic (exact) mass is 288 g/mol. The molecule has 0 heterocycles. The maximum Gasteiger partial charge on any atom is 0.501 e. The zero-order chi connectivity index (χ0) is 14.6. The van der Waals surface area contributed by atoms with Gasteiger partial charge in [-0.05, 0) is 27.2 Å². The van der Waals surface area contributed by atoms with Crippen LogP contribution in [0.1, 0.15) is 27.2 Å². The lowest BCUT2D eigenvalue weighted by molar-refractivity contribution is 0.0704. The van der Waals surface area contributed by atoms with E-state index >= 15 is 0 Å². The van der Waals surface area contributed by atoms with Gasteiger partial charge in [-0.2, -0.15) is 9.98 Å². The Morgan fingerprint density at radius 2 is 1.37 bits per heavy atom. The Kier molecular flexibility index (Phi) is 10.1. The highest BCUT2D eigenvalue weighted by Gasteiger charge is 2.40. The van der Waals surface area contributed by atoms with Crippen molar-refractivity contribution in [3.8, 4) is 0 Å². The fourth-order valence-electron chi connectivity index (χ4n) is 1.59. The molecule has 19 heavy (non-hydrogen) atoms. The van der Waals surface area contributed by atoms with Gasteiger partial charge in [0.2, 0.25) is 12.2 Å². The van der Waals surface area contributed by atoms with Gasteiger partial charge in [-0.3, -0.25) is 0 Å². The van der Waals surface area contributed by atoms with Gasteiger partial charge in [0.15, 0.2) is 6.17 Å². The van der Waals surface area contributed by atoms with E-state index in [0.29, 0.717) is 32.3 Å². The minimum atomic E-state index is -2.80. The zero-order valence-electron chi connectivity index (χ0n) is 11.5. The third-order valence-corrected chi connectivity index (χ3v) is 5.29. The van der Waals surface area contributed by atoms with Crippen LogP contribution in [0.4, 0.5) is 0 Å². The van der Waals surface area contributed by atoms with Gasteiger partial charge in [-0.15, -0.1) is 0 Å². The Morgan fingerprint density at radius 1 is 0.947 bits per heavy atom. The van der Waals surface area contributed by atoms with Crippen LogP contribution in [0.15, 0.2) is 9.98 Å². The summed E-state index contributed by atoms with van der Waals surface area (Å²) < 4.78 is 16.9. The zero-order valence-corrected chi connectivity index (χ0v) is 12.5. The molecule has 0 aliphatic carbocycles. The second-order valence-electron chi connectivity index (χ2n) is 3.44. The molecule has 0 radical (unpaired) electrons. The van der Waals surface area contributed by atoms with E-state index in [1.54, 1.807) is 0 Å². The molecule has 7 nitrogen and oxygen atoms in total. The quantitative estimate of drug-likeness (QED) is 0.326. The predicted molar refractivity (Wildman–Crippen MR) is 70.1 cm³/mol. The molecule has 0 amide bonds. The molecule has 0 atom stereocenters. The molecular formula is C11H20N2O5Si. The number of nitrogens with zero attached hydrogens (tertiary/aromatic N) is 2. The van der Waals surface area contributed by atoms with Crippen LogP contribution in [0.5, 0.6) is 0 Å². The fourth-order valence-corrected chi connectivity index (χ4v) is 4.20. The van der Waals surface area contributed by atoms with Crippen molar-refractivity contribution in [1.29, 1.82) is 0 Å². The first-order chi connectivity index (χ1) is 9.17. The molecule has 0 aromatic heterocycles. The topological polar surface area (TPSA) is 86.6 Å². The summed E-state index contributed by atoms with van der Waals surface area (Å²) in [6, 6.07) is 0.420. The highest BCUT2D eigenvalue weighted by atomic mass is 28.4. The van der Waals surface area contributed by atoms with Crippen molar-refractivity contribution in [3.05, 3.63) is 0 Å². The van der Waals surface area contributed by atoms with Crippen molar-refractivity contribution in [3.63, 3.8) is 0 Å². The summed E-state index contributed by atoms with van der Waals surface area (Å²) in [7, 11) is -2.80. The van der Waals surface area contributed by atoms with Gasteiger partial charge in [0.25, 0.3) is 0 Å². The van der Waals surface area contributed by atoms with Gasteiger partial charge in [-0.1, -0.05) is 0 Å². The lowest BCUT2D eigenvalue weighted by atomic mass is 10.4. The van der Waals surface area contributed by atoms with E-state index in [9.17, 15) is 9.59 Å². The summed E-state index contributed by atoms with van der Waals surface area (Å²) in [6.07, 6.45) is 2.27. The van der Waals surface area contributed by atoms with Gasteiger partial charge < -0.3 is 13.3 Å². The molecule has 0 aromatic carbocycles. The van der Waals surface area contributed by atoms with E-state index in [-0.39, 0.29) is 0 Å². The van der Waals surface area contributed by atoms with Gasteiger partial charge >= 0.3 is 8.80 Å². The average Bonchev–Trinajstić information content (AvgIpc) is 2.37. The molecule has 0 aliphatic heterocycles. The molecule has 0 aromatic rings. The first kappa shape index (κ1) is 17.9. The molecule has 0 spiro atoms. The largest absolute Gasteiger partial charge is 0.501 e. The fraction of sp³-hybridized carbons (Fsp3) is 0.818. The molecule has 0 saturated carbocycles. The normalized spacial score (nSPS) is 12.4. The molecule has 8 heteroatoms. The van der Waals surface area contributed by atoms with Crippen LogP contribution < -0.4 is 0 Å². The number of isocyanates is 2. The molecule has 0 unspecified atom stereocenters. The molecule has 0 saturated heterocycles. The van der Waals surface area contributed by atoms with E-state index in [0.717, 1.165) is 0 Å². The van der Waals surface area contributed by atoms with Gasteiger partial charge in [-0.25, -0.2) is 9.59 Å². The van der Waals surface area contributed by atoms with Gasteiger partial charge in [0.1, 0.15) is 0 Å². The summed E-state index contributed by atoms with van der Waals surface area (Å²) >= 11 is 0. The number of hydrogen-bond acceptors (Lipinski definition) is 7. The Hall–Kier alpha value is -1.14. The molecule has 0 N–H and O–H groups in total. The van der Waals surface area contributed by atoms with Crippen molar-refractivity contribution in [2.24, 2.45) is 9.98 Å². The van der Waals surface area contributed by atoms with E-state index in [1.165, 1.54) is 12.2 Å². The van der Waals surface area contributed by atoms with Gasteiger partial charge in [0.05, 0.1) is 0 Å². The highest BCUT2D eigenvalue weighted by Crippen LogP contribution is 2.20. The number of rotatable bonds is 11. The number of carbonyl (C=O) groups excluding carboxylic acids is 2. The van der Waals surface area contributed by atoms with Crippen LogP contribution in [-0.4, -0.2) is 47.0 Å². The number of aliphatic imine (C=N–C) groups is 2. The summed E-state index contributed by atoms with van der Waals surface area (Å²) in [5.41, 5.74) is 0. The Bertz CT molecular complexity index is 305. The van der Waals surface area contributed by atoms with Crippen LogP contribution >= 0.6 is 0 Å². The van der Waals surface area contributed by atoms with E-state index < -0.39 is 15.0 Å².